The average molecular weight is 423 g/mol. The molecule has 2 aromatic heterocycles. The normalized spacial score (nSPS) is 14.5. The molecule has 0 radical (unpaired) electrons. The molecule has 152 valence electrons. The molecule has 2 unspecified atom stereocenters. The molecule has 2 aromatic rings. The summed E-state index contributed by atoms with van der Waals surface area (Å²) in [6.07, 6.45) is 4.87. The Bertz CT molecular complexity index is 839. The number of hydrogen-bond donors (Lipinski definition) is 0. The second-order valence-electron chi connectivity index (χ2n) is 6.43. The Kier molecular flexibility index (Phi) is 8.35. The summed E-state index contributed by atoms with van der Waals surface area (Å²) in [6.45, 7) is 6.19. The molecule has 2 heterocycles. The van der Waals surface area contributed by atoms with Gasteiger partial charge in [-0.15, -0.1) is 22.7 Å². The Morgan fingerprint density at radius 3 is 2.39 bits per heavy atom. The first kappa shape index (κ1) is 22.3. The lowest BCUT2D eigenvalue weighted by atomic mass is 10.0. The number of esters is 1. The van der Waals surface area contributed by atoms with Crippen LogP contribution in [0, 0.1) is 5.92 Å². The van der Waals surface area contributed by atoms with E-state index in [9.17, 15) is 4.79 Å². The maximum absolute atomic E-state index is 11.5. The van der Waals surface area contributed by atoms with Gasteiger partial charge in [0.1, 0.15) is 16.5 Å². The molecule has 0 saturated carbocycles. The number of thiazole rings is 2. The van der Waals surface area contributed by atoms with Crippen LogP contribution in [0.15, 0.2) is 28.7 Å². The largest absolute Gasteiger partial charge is 0.500 e. The van der Waals surface area contributed by atoms with Crippen molar-refractivity contribution in [2.75, 3.05) is 21.3 Å². The van der Waals surface area contributed by atoms with Crippen molar-refractivity contribution in [1.29, 1.82) is 0 Å². The van der Waals surface area contributed by atoms with Crippen molar-refractivity contribution in [2.24, 2.45) is 5.92 Å². The summed E-state index contributed by atoms with van der Waals surface area (Å²) in [5.41, 5.74) is 1.75. The number of methoxy groups -OCH3 is 3. The van der Waals surface area contributed by atoms with E-state index in [0.29, 0.717) is 11.7 Å². The van der Waals surface area contributed by atoms with Crippen molar-refractivity contribution >= 4 is 34.7 Å². The molecular formula is C20H26N2O4S2. The highest BCUT2D eigenvalue weighted by Crippen LogP contribution is 2.29. The van der Waals surface area contributed by atoms with E-state index >= 15 is 0 Å². The monoisotopic (exact) mass is 422 g/mol. The first-order valence-corrected chi connectivity index (χ1v) is 10.6. The summed E-state index contributed by atoms with van der Waals surface area (Å²) in [7, 11) is 4.47. The van der Waals surface area contributed by atoms with Gasteiger partial charge in [-0.05, 0) is 6.08 Å². The molecule has 6 nitrogen and oxygen atoms in total. The molecular weight excluding hydrogens is 396 g/mol. The van der Waals surface area contributed by atoms with Crippen LogP contribution >= 0.6 is 22.7 Å². The zero-order valence-electron chi connectivity index (χ0n) is 17.0. The summed E-state index contributed by atoms with van der Waals surface area (Å²) in [5, 5.41) is 6.04. The van der Waals surface area contributed by atoms with E-state index in [1.54, 1.807) is 29.8 Å². The molecule has 2 atom stereocenters. The molecule has 8 heteroatoms. The van der Waals surface area contributed by atoms with Crippen molar-refractivity contribution < 1.29 is 19.0 Å². The standard InChI is InChI=1S/C20H26N2O4S2/c1-12(2)19-22-15(11-28-19)20-21-14(10-27-20)7-8-16(24-4)13(3)17(25-5)9-18(23)26-6/h7-13,16H,1-6H3/b8-7+,17-9-. The Balaban J connectivity index is 2.13. The summed E-state index contributed by atoms with van der Waals surface area (Å²) < 4.78 is 15.6. The molecule has 0 fully saturated rings. The molecule has 2 rings (SSSR count). The van der Waals surface area contributed by atoms with Crippen LogP contribution in [0.2, 0.25) is 0 Å². The van der Waals surface area contributed by atoms with Gasteiger partial charge in [0.05, 0.1) is 37.1 Å². The minimum Gasteiger partial charge on any atom is -0.500 e. The van der Waals surface area contributed by atoms with E-state index in [-0.39, 0.29) is 12.0 Å². The average Bonchev–Trinajstić information content (AvgIpc) is 3.35. The number of nitrogens with zero attached hydrogens (tertiary/aromatic N) is 2. The zero-order valence-corrected chi connectivity index (χ0v) is 18.6. The number of carbonyl (C=O) groups excluding carboxylic acids is 1. The van der Waals surface area contributed by atoms with Crippen molar-refractivity contribution in [3.63, 3.8) is 0 Å². The van der Waals surface area contributed by atoms with Crippen LogP contribution in [0.5, 0.6) is 0 Å². The van der Waals surface area contributed by atoms with Gasteiger partial charge in [-0.25, -0.2) is 14.8 Å². The molecule has 0 spiro atoms. The van der Waals surface area contributed by atoms with Crippen molar-refractivity contribution in [2.45, 2.75) is 32.8 Å². The van der Waals surface area contributed by atoms with E-state index < -0.39 is 5.97 Å². The molecule has 28 heavy (non-hydrogen) atoms. The van der Waals surface area contributed by atoms with Crippen molar-refractivity contribution in [3.05, 3.63) is 39.4 Å². The summed E-state index contributed by atoms with van der Waals surface area (Å²) in [5.74, 6) is 0.271. The Labute approximate surface area is 173 Å². The van der Waals surface area contributed by atoms with Gasteiger partial charge in [-0.1, -0.05) is 26.8 Å². The third-order valence-electron chi connectivity index (χ3n) is 4.12. The number of hydrogen-bond acceptors (Lipinski definition) is 8. The molecule has 0 bridgehead atoms. The highest BCUT2D eigenvalue weighted by atomic mass is 32.1. The predicted molar refractivity (Wildman–Crippen MR) is 113 cm³/mol. The van der Waals surface area contributed by atoms with Crippen LogP contribution < -0.4 is 0 Å². The zero-order chi connectivity index (χ0) is 20.7. The third-order valence-corrected chi connectivity index (χ3v) is 6.15. The van der Waals surface area contributed by atoms with Gasteiger partial charge in [0.2, 0.25) is 0 Å². The minimum absolute atomic E-state index is 0.171. The van der Waals surface area contributed by atoms with E-state index in [0.717, 1.165) is 21.4 Å². The van der Waals surface area contributed by atoms with E-state index in [4.69, 9.17) is 9.47 Å². The molecule has 0 aromatic carbocycles. The van der Waals surface area contributed by atoms with E-state index in [1.807, 2.05) is 29.8 Å². The summed E-state index contributed by atoms with van der Waals surface area (Å²) in [4.78, 5) is 20.8. The van der Waals surface area contributed by atoms with Gasteiger partial charge < -0.3 is 14.2 Å². The Hall–Kier alpha value is -2.03. The summed E-state index contributed by atoms with van der Waals surface area (Å²) in [6, 6.07) is 0. The van der Waals surface area contributed by atoms with Crippen LogP contribution in [0.4, 0.5) is 0 Å². The Morgan fingerprint density at radius 1 is 1.07 bits per heavy atom. The van der Waals surface area contributed by atoms with Crippen LogP contribution in [-0.2, 0) is 19.0 Å². The van der Waals surface area contributed by atoms with Gasteiger partial charge >= 0.3 is 5.97 Å². The van der Waals surface area contributed by atoms with E-state index in [2.05, 4.69) is 28.6 Å². The van der Waals surface area contributed by atoms with Gasteiger partial charge in [0.25, 0.3) is 0 Å². The van der Waals surface area contributed by atoms with Crippen LogP contribution in [0.3, 0.4) is 0 Å². The maximum Gasteiger partial charge on any atom is 0.333 e. The number of aromatic nitrogens is 2. The van der Waals surface area contributed by atoms with Crippen LogP contribution in [-0.4, -0.2) is 43.4 Å². The molecule has 0 N–H and O–H groups in total. The third kappa shape index (κ3) is 5.73. The highest BCUT2D eigenvalue weighted by Gasteiger charge is 2.20. The summed E-state index contributed by atoms with van der Waals surface area (Å²) >= 11 is 3.22. The number of rotatable bonds is 9. The first-order valence-electron chi connectivity index (χ1n) is 8.85. The van der Waals surface area contributed by atoms with Gasteiger partial charge in [0.15, 0.2) is 0 Å². The van der Waals surface area contributed by atoms with Gasteiger partial charge in [0, 0.05) is 29.7 Å². The fraction of sp³-hybridized carbons (Fsp3) is 0.450. The smallest absolute Gasteiger partial charge is 0.333 e. The van der Waals surface area contributed by atoms with Crippen molar-refractivity contribution in [1.82, 2.24) is 9.97 Å². The van der Waals surface area contributed by atoms with Gasteiger partial charge in [-0.3, -0.25) is 0 Å². The van der Waals surface area contributed by atoms with Gasteiger partial charge in [-0.2, -0.15) is 0 Å². The van der Waals surface area contributed by atoms with Crippen LogP contribution in [0.25, 0.3) is 16.8 Å². The quantitative estimate of drug-likeness (QED) is 0.330. The second kappa shape index (κ2) is 10.5. The fourth-order valence-corrected chi connectivity index (χ4v) is 4.13. The molecule has 0 saturated heterocycles. The fourth-order valence-electron chi connectivity index (χ4n) is 2.49. The lowest BCUT2D eigenvalue weighted by Crippen LogP contribution is -2.21. The van der Waals surface area contributed by atoms with Crippen LogP contribution in [0.1, 0.15) is 37.4 Å². The highest BCUT2D eigenvalue weighted by molar-refractivity contribution is 7.14. The predicted octanol–water partition coefficient (Wildman–Crippen LogP) is 4.76. The second-order valence-corrected chi connectivity index (χ2v) is 8.17. The SMILES string of the molecule is COC(=O)/C=C(\OC)C(C)C(/C=C/c1csc(-c2csc(C(C)C)n2)n1)OC. The number of ether oxygens (including phenoxy) is 3. The maximum atomic E-state index is 11.5. The molecule has 0 aliphatic carbocycles. The molecule has 0 amide bonds. The van der Waals surface area contributed by atoms with Crippen molar-refractivity contribution in [3.8, 4) is 10.7 Å². The lowest BCUT2D eigenvalue weighted by Gasteiger charge is -2.21. The minimum atomic E-state index is -0.462. The molecule has 0 aliphatic rings. The van der Waals surface area contributed by atoms with E-state index in [1.165, 1.54) is 20.3 Å². The topological polar surface area (TPSA) is 70.5 Å². The lowest BCUT2D eigenvalue weighted by molar-refractivity contribution is -0.135. The Morgan fingerprint density at radius 2 is 1.82 bits per heavy atom. The first-order chi connectivity index (χ1) is 13.4. The number of carbonyl (C=O) groups is 1. The molecule has 0 aliphatic heterocycles.